The summed E-state index contributed by atoms with van der Waals surface area (Å²) in [6.07, 6.45) is 6.53. The number of H-pyrrole nitrogens is 1. The summed E-state index contributed by atoms with van der Waals surface area (Å²) >= 11 is 0. The molecular formula is C26H23N7O2. The summed E-state index contributed by atoms with van der Waals surface area (Å²) in [7, 11) is 0. The fourth-order valence-electron chi connectivity index (χ4n) is 4.69. The smallest absolute Gasteiger partial charge is 0.226 e. The molecule has 0 spiro atoms. The summed E-state index contributed by atoms with van der Waals surface area (Å²) in [5, 5.41) is 13.2. The van der Waals surface area contributed by atoms with Gasteiger partial charge in [-0.05, 0) is 53.8 Å². The number of aromatic amines is 1. The highest BCUT2D eigenvalue weighted by atomic mass is 16.3. The van der Waals surface area contributed by atoms with E-state index in [4.69, 9.17) is 4.98 Å². The summed E-state index contributed by atoms with van der Waals surface area (Å²) in [6.45, 7) is 1.17. The van der Waals surface area contributed by atoms with Crippen LogP contribution >= 0.6 is 0 Å². The number of anilines is 2. The number of fused-ring (bicyclic) bond motifs is 1. The highest BCUT2D eigenvalue weighted by molar-refractivity contribution is 5.81. The fraction of sp³-hybridized carbons (Fsp3) is 0.231. The Bertz CT molecular complexity index is 1380. The number of hydrogen-bond donors (Lipinski definition) is 2. The molecule has 6 rings (SSSR count). The second kappa shape index (κ2) is 8.75. The van der Waals surface area contributed by atoms with Gasteiger partial charge in [0.25, 0.3) is 0 Å². The van der Waals surface area contributed by atoms with Crippen molar-refractivity contribution < 1.29 is 4.79 Å². The highest BCUT2D eigenvalue weighted by Gasteiger charge is 2.39. The molecule has 3 heterocycles. The molecule has 1 saturated carbocycles. The van der Waals surface area contributed by atoms with Crippen LogP contribution in [0, 0.1) is 10.8 Å². The lowest BCUT2D eigenvalue weighted by molar-refractivity contribution is -0.139. The van der Waals surface area contributed by atoms with E-state index in [9.17, 15) is 9.70 Å². The van der Waals surface area contributed by atoms with E-state index >= 15 is 0 Å². The largest absolute Gasteiger partial charge is 0.340 e. The van der Waals surface area contributed by atoms with Crippen molar-refractivity contribution in [2.45, 2.75) is 32.0 Å². The van der Waals surface area contributed by atoms with E-state index < -0.39 is 0 Å². The molecule has 0 radical (unpaired) electrons. The fourth-order valence-corrected chi connectivity index (χ4v) is 4.69. The number of amides is 1. The van der Waals surface area contributed by atoms with Gasteiger partial charge in [0.05, 0.1) is 12.2 Å². The predicted octanol–water partition coefficient (Wildman–Crippen LogP) is 4.66. The van der Waals surface area contributed by atoms with Crippen LogP contribution in [0.3, 0.4) is 0 Å². The molecule has 1 amide bonds. The maximum Gasteiger partial charge on any atom is 0.226 e. The van der Waals surface area contributed by atoms with E-state index in [1.165, 1.54) is 0 Å². The summed E-state index contributed by atoms with van der Waals surface area (Å²) in [5.74, 6) is 1.36. The summed E-state index contributed by atoms with van der Waals surface area (Å²) in [4.78, 5) is 34.4. The maximum absolute atomic E-state index is 12.8. The number of carbonyl (C=O) groups is 1. The van der Waals surface area contributed by atoms with E-state index in [2.05, 4.69) is 31.7 Å². The average Bonchev–Trinajstić information content (AvgIpc) is 3.54. The molecule has 0 saturated heterocycles. The molecule has 4 aromatic rings. The molecule has 2 aromatic heterocycles. The topological polar surface area (TPSA) is 116 Å². The van der Waals surface area contributed by atoms with Crippen LogP contribution in [0.2, 0.25) is 0 Å². The van der Waals surface area contributed by atoms with Crippen molar-refractivity contribution in [3.63, 3.8) is 0 Å². The maximum atomic E-state index is 12.8. The van der Waals surface area contributed by atoms with Crippen LogP contribution in [0.1, 0.15) is 24.0 Å². The van der Waals surface area contributed by atoms with Gasteiger partial charge in [0.15, 0.2) is 5.82 Å². The van der Waals surface area contributed by atoms with Crippen molar-refractivity contribution >= 4 is 17.4 Å². The quantitative estimate of drug-likeness (QED) is 0.400. The minimum Gasteiger partial charge on any atom is -0.340 e. The van der Waals surface area contributed by atoms with Crippen LogP contribution in [0.15, 0.2) is 72.3 Å². The van der Waals surface area contributed by atoms with Crippen molar-refractivity contribution in [2.24, 2.45) is 11.1 Å². The van der Waals surface area contributed by atoms with Crippen molar-refractivity contribution in [1.82, 2.24) is 25.1 Å². The lowest BCUT2D eigenvalue weighted by Crippen LogP contribution is -2.40. The Hall–Kier alpha value is -4.40. The minimum absolute atomic E-state index is 0.0775. The van der Waals surface area contributed by atoms with Crippen molar-refractivity contribution in [3.05, 3.63) is 83.2 Å². The highest BCUT2D eigenvalue weighted by Crippen LogP contribution is 2.35. The zero-order valence-corrected chi connectivity index (χ0v) is 18.9. The molecule has 1 fully saturated rings. The van der Waals surface area contributed by atoms with Crippen LogP contribution in [0.5, 0.6) is 0 Å². The third-order valence-corrected chi connectivity index (χ3v) is 6.75. The standard InChI is InChI=1S/C26H23N7O2/c34-26(19-10-23(11-19)32-35)33-14-18-2-1-17(9-20(18)15-33)25-27-8-7-24(31-25)30-22-5-3-16(4-6-22)21-12-28-29-13-21/h1-9,12-13,19,23H,10-11,14-15H2,(H,28,29)(H,27,30,31). The first-order valence-corrected chi connectivity index (χ1v) is 11.6. The Labute approximate surface area is 201 Å². The van der Waals surface area contributed by atoms with Gasteiger partial charge in [-0.3, -0.25) is 9.89 Å². The van der Waals surface area contributed by atoms with Crippen molar-refractivity contribution in [2.75, 3.05) is 5.32 Å². The molecular weight excluding hydrogens is 442 g/mol. The SMILES string of the molecule is O=NC1CC(C(=O)N2Cc3ccc(-c4nccc(Nc5ccc(-c6cn[nH]c6)cc5)n4)cc3C2)C1. The second-order valence-electron chi connectivity index (χ2n) is 9.06. The molecule has 0 unspecified atom stereocenters. The van der Waals surface area contributed by atoms with Gasteiger partial charge in [0.1, 0.15) is 5.82 Å². The van der Waals surface area contributed by atoms with Gasteiger partial charge in [-0.15, -0.1) is 0 Å². The van der Waals surface area contributed by atoms with Crippen molar-refractivity contribution in [1.29, 1.82) is 0 Å². The Kier molecular flexibility index (Phi) is 5.29. The molecule has 2 aliphatic rings. The summed E-state index contributed by atoms with van der Waals surface area (Å²) < 4.78 is 0. The number of benzene rings is 2. The third kappa shape index (κ3) is 4.16. The van der Waals surface area contributed by atoms with Gasteiger partial charge in [-0.25, -0.2) is 9.97 Å². The Balaban J connectivity index is 1.15. The van der Waals surface area contributed by atoms with E-state index in [1.54, 1.807) is 12.4 Å². The molecule has 174 valence electrons. The molecule has 9 heteroatoms. The Morgan fingerprint density at radius 2 is 1.80 bits per heavy atom. The number of nitrogens with one attached hydrogen (secondary N) is 2. The molecule has 35 heavy (non-hydrogen) atoms. The van der Waals surface area contributed by atoms with Crippen LogP contribution in [0.4, 0.5) is 11.5 Å². The molecule has 1 aliphatic heterocycles. The van der Waals surface area contributed by atoms with Gasteiger partial charge in [0.2, 0.25) is 5.91 Å². The second-order valence-corrected chi connectivity index (χ2v) is 9.06. The van der Waals surface area contributed by atoms with Crippen LogP contribution in [-0.2, 0) is 17.9 Å². The third-order valence-electron chi connectivity index (χ3n) is 6.75. The summed E-state index contributed by atoms with van der Waals surface area (Å²) in [5.41, 5.74) is 6.19. The Morgan fingerprint density at radius 1 is 1.00 bits per heavy atom. The molecule has 2 aromatic carbocycles. The number of carbonyl (C=O) groups excluding carboxylic acids is 1. The van der Waals surface area contributed by atoms with Crippen molar-refractivity contribution in [3.8, 4) is 22.5 Å². The summed E-state index contributed by atoms with van der Waals surface area (Å²) in [6, 6.07) is 15.8. The number of rotatable bonds is 6. The van der Waals surface area contributed by atoms with Crippen LogP contribution in [-0.4, -0.2) is 37.0 Å². The van der Waals surface area contributed by atoms with E-state index in [0.29, 0.717) is 37.6 Å². The minimum atomic E-state index is -0.201. The average molecular weight is 466 g/mol. The van der Waals surface area contributed by atoms with Gasteiger partial charge in [-0.1, -0.05) is 29.4 Å². The number of nitroso groups, excluding NO2 is 1. The van der Waals surface area contributed by atoms with Gasteiger partial charge in [-0.2, -0.15) is 10.0 Å². The monoisotopic (exact) mass is 465 g/mol. The number of nitrogens with zero attached hydrogens (tertiary/aromatic N) is 5. The first kappa shape index (κ1) is 21.2. The predicted molar refractivity (Wildman–Crippen MR) is 131 cm³/mol. The molecule has 1 aliphatic carbocycles. The number of aromatic nitrogens is 4. The first-order chi connectivity index (χ1) is 17.2. The molecule has 0 atom stereocenters. The van der Waals surface area contributed by atoms with Gasteiger partial charge < -0.3 is 10.2 Å². The lowest BCUT2D eigenvalue weighted by atomic mass is 9.80. The van der Waals surface area contributed by atoms with Gasteiger partial charge in [0, 0.05) is 48.2 Å². The van der Waals surface area contributed by atoms with E-state index in [-0.39, 0.29) is 17.9 Å². The van der Waals surface area contributed by atoms with Gasteiger partial charge >= 0.3 is 0 Å². The van der Waals surface area contributed by atoms with E-state index in [1.807, 2.05) is 53.6 Å². The zero-order valence-electron chi connectivity index (χ0n) is 18.9. The molecule has 0 bridgehead atoms. The molecule has 9 nitrogen and oxygen atoms in total. The molecule has 2 N–H and O–H groups in total. The van der Waals surface area contributed by atoms with Crippen LogP contribution in [0.25, 0.3) is 22.5 Å². The Morgan fingerprint density at radius 3 is 2.57 bits per heavy atom. The van der Waals surface area contributed by atoms with Crippen LogP contribution < -0.4 is 5.32 Å². The first-order valence-electron chi connectivity index (χ1n) is 11.6. The number of hydrogen-bond acceptors (Lipinski definition) is 7. The normalized spacial score (nSPS) is 18.6. The zero-order chi connectivity index (χ0) is 23.8. The lowest BCUT2D eigenvalue weighted by Gasteiger charge is -2.32. The van der Waals surface area contributed by atoms with E-state index in [0.717, 1.165) is 33.5 Å².